The third-order valence-electron chi connectivity index (χ3n) is 3.85. The van der Waals surface area contributed by atoms with Gasteiger partial charge in [0.1, 0.15) is 0 Å². The zero-order valence-corrected chi connectivity index (χ0v) is 10.2. The summed E-state index contributed by atoms with van der Waals surface area (Å²) < 4.78 is 0. The van der Waals surface area contributed by atoms with E-state index in [1.807, 2.05) is 0 Å². The third kappa shape index (κ3) is 2.71. The van der Waals surface area contributed by atoms with Crippen molar-refractivity contribution in [2.45, 2.75) is 46.6 Å². The van der Waals surface area contributed by atoms with E-state index in [0.29, 0.717) is 11.5 Å². The maximum Gasteiger partial charge on any atom is 0.00387 e. The Morgan fingerprint density at radius 2 is 2.07 bits per heavy atom. The topological polar surface area (TPSA) is 29.3 Å². The summed E-state index contributed by atoms with van der Waals surface area (Å²) in [6, 6.07) is 0.686. The van der Waals surface area contributed by atoms with Crippen LogP contribution in [0.4, 0.5) is 0 Å². The molecule has 14 heavy (non-hydrogen) atoms. The Labute approximate surface area is 88.8 Å². The molecule has 0 aromatic rings. The van der Waals surface area contributed by atoms with Crippen LogP contribution in [-0.4, -0.2) is 30.6 Å². The molecular weight excluding hydrogens is 172 g/mol. The number of nitrogens with two attached hydrogens (primary N) is 1. The van der Waals surface area contributed by atoms with Gasteiger partial charge in [-0.3, -0.25) is 0 Å². The number of rotatable bonds is 3. The molecule has 0 saturated carbocycles. The molecule has 2 heteroatoms. The van der Waals surface area contributed by atoms with Crippen LogP contribution >= 0.6 is 0 Å². The quantitative estimate of drug-likeness (QED) is 0.752. The van der Waals surface area contributed by atoms with Gasteiger partial charge in [-0.15, -0.1) is 0 Å². The van der Waals surface area contributed by atoms with Crippen LogP contribution < -0.4 is 5.73 Å². The van der Waals surface area contributed by atoms with Crippen LogP contribution in [0.1, 0.15) is 40.5 Å². The molecular formula is C12H26N2. The molecule has 0 aromatic carbocycles. The Bertz CT molecular complexity index is 175. The zero-order chi connectivity index (χ0) is 10.8. The van der Waals surface area contributed by atoms with Crippen LogP contribution in [-0.2, 0) is 0 Å². The summed E-state index contributed by atoms with van der Waals surface area (Å²) in [5.74, 6) is 0.781. The van der Waals surface area contributed by atoms with Crippen molar-refractivity contribution in [1.82, 2.24) is 4.90 Å². The molecule has 0 amide bonds. The summed E-state index contributed by atoms with van der Waals surface area (Å²) in [6.45, 7) is 12.7. The van der Waals surface area contributed by atoms with Crippen molar-refractivity contribution in [2.75, 3.05) is 19.6 Å². The standard InChI is InChI=1S/C12H26N2/c1-10(2)14-8-6-12(3,4)11(9-14)5-7-13/h10-11H,5-9,13H2,1-4H3. The van der Waals surface area contributed by atoms with Crippen LogP contribution in [0.5, 0.6) is 0 Å². The van der Waals surface area contributed by atoms with Crippen molar-refractivity contribution in [3.8, 4) is 0 Å². The molecule has 1 rings (SSSR count). The highest BCUT2D eigenvalue weighted by Gasteiger charge is 2.35. The van der Waals surface area contributed by atoms with E-state index in [4.69, 9.17) is 5.73 Å². The number of nitrogens with zero attached hydrogens (tertiary/aromatic N) is 1. The summed E-state index contributed by atoms with van der Waals surface area (Å²) in [6.07, 6.45) is 2.49. The van der Waals surface area contributed by atoms with Crippen molar-refractivity contribution < 1.29 is 0 Å². The molecule has 1 fully saturated rings. The fourth-order valence-electron chi connectivity index (χ4n) is 2.41. The normalized spacial score (nSPS) is 28.3. The van der Waals surface area contributed by atoms with E-state index in [2.05, 4.69) is 32.6 Å². The van der Waals surface area contributed by atoms with Crippen molar-refractivity contribution in [1.29, 1.82) is 0 Å². The van der Waals surface area contributed by atoms with Crippen LogP contribution in [0.3, 0.4) is 0 Å². The van der Waals surface area contributed by atoms with E-state index in [0.717, 1.165) is 12.5 Å². The predicted molar refractivity (Wildman–Crippen MR) is 62.3 cm³/mol. The summed E-state index contributed by atoms with van der Waals surface area (Å²) in [5.41, 5.74) is 6.17. The first kappa shape index (κ1) is 12.0. The van der Waals surface area contributed by atoms with E-state index in [1.54, 1.807) is 0 Å². The predicted octanol–water partition coefficient (Wildman–Crippen LogP) is 2.09. The smallest absolute Gasteiger partial charge is 0.00387 e. The molecule has 1 heterocycles. The lowest BCUT2D eigenvalue weighted by atomic mass is 9.71. The molecule has 84 valence electrons. The van der Waals surface area contributed by atoms with E-state index in [1.165, 1.54) is 25.9 Å². The lowest BCUT2D eigenvalue weighted by molar-refractivity contribution is 0.0391. The van der Waals surface area contributed by atoms with Crippen LogP contribution in [0.15, 0.2) is 0 Å². The van der Waals surface area contributed by atoms with Crippen molar-refractivity contribution in [2.24, 2.45) is 17.1 Å². The average molecular weight is 198 g/mol. The lowest BCUT2D eigenvalue weighted by Crippen LogP contribution is -2.47. The molecule has 0 spiro atoms. The van der Waals surface area contributed by atoms with Gasteiger partial charge in [-0.05, 0) is 51.1 Å². The Morgan fingerprint density at radius 1 is 1.43 bits per heavy atom. The van der Waals surface area contributed by atoms with E-state index in [9.17, 15) is 0 Å². The maximum absolute atomic E-state index is 5.68. The molecule has 1 atom stereocenters. The first-order chi connectivity index (χ1) is 6.47. The number of hydrogen-bond donors (Lipinski definition) is 1. The van der Waals surface area contributed by atoms with Gasteiger partial charge < -0.3 is 10.6 Å². The van der Waals surface area contributed by atoms with Gasteiger partial charge in [0.05, 0.1) is 0 Å². The number of hydrogen-bond acceptors (Lipinski definition) is 2. The second kappa shape index (κ2) is 4.63. The van der Waals surface area contributed by atoms with Gasteiger partial charge in [-0.25, -0.2) is 0 Å². The number of piperidine rings is 1. The summed E-state index contributed by atoms with van der Waals surface area (Å²) in [4.78, 5) is 2.59. The van der Waals surface area contributed by atoms with Crippen LogP contribution in [0.2, 0.25) is 0 Å². The second-order valence-corrected chi connectivity index (χ2v) is 5.60. The Kier molecular flexibility index (Phi) is 3.96. The highest BCUT2D eigenvalue weighted by atomic mass is 15.2. The Morgan fingerprint density at radius 3 is 2.57 bits per heavy atom. The highest BCUT2D eigenvalue weighted by molar-refractivity contribution is 4.87. The van der Waals surface area contributed by atoms with Crippen LogP contribution in [0.25, 0.3) is 0 Å². The Hall–Kier alpha value is -0.0800. The summed E-state index contributed by atoms with van der Waals surface area (Å²) >= 11 is 0. The molecule has 2 N–H and O–H groups in total. The molecule has 1 aliphatic heterocycles. The summed E-state index contributed by atoms with van der Waals surface area (Å²) in [5, 5.41) is 0. The molecule has 0 aromatic heterocycles. The van der Waals surface area contributed by atoms with E-state index < -0.39 is 0 Å². The molecule has 1 unspecified atom stereocenters. The van der Waals surface area contributed by atoms with Gasteiger partial charge >= 0.3 is 0 Å². The monoisotopic (exact) mass is 198 g/mol. The van der Waals surface area contributed by atoms with Crippen molar-refractivity contribution in [3.05, 3.63) is 0 Å². The van der Waals surface area contributed by atoms with E-state index >= 15 is 0 Å². The van der Waals surface area contributed by atoms with Gasteiger partial charge in [-0.1, -0.05) is 13.8 Å². The minimum Gasteiger partial charge on any atom is -0.330 e. The average Bonchev–Trinajstić information content (AvgIpc) is 2.08. The number of likely N-dealkylation sites (tertiary alicyclic amines) is 1. The van der Waals surface area contributed by atoms with Crippen molar-refractivity contribution >= 4 is 0 Å². The third-order valence-corrected chi connectivity index (χ3v) is 3.85. The second-order valence-electron chi connectivity index (χ2n) is 5.60. The highest BCUT2D eigenvalue weighted by Crippen LogP contribution is 2.37. The van der Waals surface area contributed by atoms with Gasteiger partial charge in [0.15, 0.2) is 0 Å². The first-order valence-corrected chi connectivity index (χ1v) is 5.91. The van der Waals surface area contributed by atoms with Crippen molar-refractivity contribution in [3.63, 3.8) is 0 Å². The maximum atomic E-state index is 5.68. The lowest BCUT2D eigenvalue weighted by Gasteiger charge is -2.45. The first-order valence-electron chi connectivity index (χ1n) is 5.91. The van der Waals surface area contributed by atoms with Gasteiger partial charge in [0.25, 0.3) is 0 Å². The van der Waals surface area contributed by atoms with Gasteiger partial charge in [0.2, 0.25) is 0 Å². The molecule has 2 nitrogen and oxygen atoms in total. The minimum absolute atomic E-state index is 0.491. The fraction of sp³-hybridized carbons (Fsp3) is 1.00. The molecule has 0 radical (unpaired) electrons. The SMILES string of the molecule is CC(C)N1CCC(C)(C)C(CCN)C1. The van der Waals surface area contributed by atoms with Gasteiger partial charge in [0, 0.05) is 12.6 Å². The fourth-order valence-corrected chi connectivity index (χ4v) is 2.41. The largest absolute Gasteiger partial charge is 0.330 e. The molecule has 1 saturated heterocycles. The molecule has 0 bridgehead atoms. The Balaban J connectivity index is 2.58. The molecule has 1 aliphatic rings. The van der Waals surface area contributed by atoms with E-state index in [-0.39, 0.29) is 0 Å². The summed E-state index contributed by atoms with van der Waals surface area (Å²) in [7, 11) is 0. The zero-order valence-electron chi connectivity index (χ0n) is 10.2. The molecule has 0 aliphatic carbocycles. The minimum atomic E-state index is 0.491. The van der Waals surface area contributed by atoms with Crippen LogP contribution in [0, 0.1) is 11.3 Å². The van der Waals surface area contributed by atoms with Gasteiger partial charge in [-0.2, -0.15) is 0 Å².